The van der Waals surface area contributed by atoms with Crippen molar-refractivity contribution in [2.45, 2.75) is 69.2 Å². The highest BCUT2D eigenvalue weighted by Gasteiger charge is 2.21. The second-order valence-corrected chi connectivity index (χ2v) is 8.57. The van der Waals surface area contributed by atoms with Crippen molar-refractivity contribution in [1.82, 2.24) is 0 Å². The molecule has 0 fully saturated rings. The number of aryl methyl sites for hydroxylation is 2. The lowest BCUT2D eigenvalue weighted by Crippen LogP contribution is -1.96. The van der Waals surface area contributed by atoms with E-state index >= 15 is 0 Å². The average Bonchev–Trinajstić information content (AvgIpc) is 3.07. The Balaban J connectivity index is 0.000000646. The normalized spacial score (nSPS) is 9.75. The van der Waals surface area contributed by atoms with Crippen LogP contribution in [-0.4, -0.2) is 0 Å². The van der Waals surface area contributed by atoms with Crippen molar-refractivity contribution in [3.8, 4) is 22.3 Å². The summed E-state index contributed by atoms with van der Waals surface area (Å²) < 4.78 is 0. The SMILES string of the molecule is CC.CC.CC.CC.Cc1c2ccccc2c(C)c2c(-c3ccccc3)c3ccccc3c(-c3ccccc3)c12. The van der Waals surface area contributed by atoms with Gasteiger partial charge in [0, 0.05) is 0 Å². The van der Waals surface area contributed by atoms with E-state index in [1.807, 2.05) is 55.4 Å². The summed E-state index contributed by atoms with van der Waals surface area (Å²) in [7, 11) is 0. The molecule has 0 aliphatic heterocycles. The molecule has 40 heavy (non-hydrogen) atoms. The van der Waals surface area contributed by atoms with Gasteiger partial charge in [-0.2, -0.15) is 0 Å². The second kappa shape index (κ2) is 16.3. The summed E-state index contributed by atoms with van der Waals surface area (Å²) in [6, 6.07) is 39.5. The molecule has 208 valence electrons. The minimum Gasteiger partial charge on any atom is -0.0683 e. The van der Waals surface area contributed by atoms with Gasteiger partial charge < -0.3 is 0 Å². The van der Waals surface area contributed by atoms with Crippen molar-refractivity contribution in [1.29, 1.82) is 0 Å². The highest BCUT2D eigenvalue weighted by atomic mass is 14.2. The van der Waals surface area contributed by atoms with Gasteiger partial charge in [0.2, 0.25) is 0 Å². The predicted octanol–water partition coefficient (Wildman–Crippen LogP) is 13.2. The van der Waals surface area contributed by atoms with Crippen LogP contribution in [-0.2, 0) is 0 Å². The Morgan fingerprint density at radius 3 is 0.850 bits per heavy atom. The van der Waals surface area contributed by atoms with Gasteiger partial charge in [0.15, 0.2) is 0 Å². The van der Waals surface area contributed by atoms with E-state index in [1.54, 1.807) is 0 Å². The first-order chi connectivity index (χ1) is 19.8. The number of benzene rings is 6. The molecule has 0 aliphatic rings. The quantitative estimate of drug-likeness (QED) is 0.196. The third-order valence-corrected chi connectivity index (χ3v) is 6.83. The van der Waals surface area contributed by atoms with Gasteiger partial charge in [0.25, 0.3) is 0 Å². The van der Waals surface area contributed by atoms with Crippen LogP contribution in [0.2, 0.25) is 0 Å². The first-order valence-electron chi connectivity index (χ1n) is 15.2. The van der Waals surface area contributed by atoms with Gasteiger partial charge in [-0.05, 0) is 79.5 Å². The molecule has 6 rings (SSSR count). The van der Waals surface area contributed by atoms with Gasteiger partial charge in [0.1, 0.15) is 0 Å². The summed E-state index contributed by atoms with van der Waals surface area (Å²) >= 11 is 0. The number of fused-ring (bicyclic) bond motifs is 3. The summed E-state index contributed by atoms with van der Waals surface area (Å²) in [5, 5.41) is 8.02. The maximum Gasteiger partial charge on any atom is -0.00234 e. The third kappa shape index (κ3) is 6.13. The molecule has 0 aliphatic carbocycles. The molecule has 6 aromatic carbocycles. The Morgan fingerprint density at radius 1 is 0.300 bits per heavy atom. The lowest BCUT2D eigenvalue weighted by Gasteiger charge is -2.22. The van der Waals surface area contributed by atoms with Gasteiger partial charge >= 0.3 is 0 Å². The molecule has 0 N–H and O–H groups in total. The first kappa shape index (κ1) is 32.3. The summed E-state index contributed by atoms with van der Waals surface area (Å²) in [5.41, 5.74) is 7.91. The van der Waals surface area contributed by atoms with E-state index in [0.29, 0.717) is 0 Å². The molecule has 0 atom stereocenters. The van der Waals surface area contributed by atoms with Crippen LogP contribution in [0, 0.1) is 13.8 Å². The molecule has 0 spiro atoms. The van der Waals surface area contributed by atoms with Gasteiger partial charge in [-0.1, -0.05) is 165 Å². The highest BCUT2D eigenvalue weighted by Crippen LogP contribution is 2.47. The van der Waals surface area contributed by atoms with Crippen LogP contribution in [0.5, 0.6) is 0 Å². The minimum absolute atomic E-state index is 1.27. The Labute approximate surface area is 243 Å². The smallest absolute Gasteiger partial charge is 0.00234 e. The molecule has 0 amide bonds. The first-order valence-corrected chi connectivity index (χ1v) is 15.2. The topological polar surface area (TPSA) is 0 Å². The van der Waals surface area contributed by atoms with E-state index in [-0.39, 0.29) is 0 Å². The maximum atomic E-state index is 2.29. The summed E-state index contributed by atoms with van der Waals surface area (Å²) in [6.45, 7) is 20.6. The lowest BCUT2D eigenvalue weighted by atomic mass is 9.81. The largest absolute Gasteiger partial charge is 0.0683 e. The van der Waals surface area contributed by atoms with Crippen molar-refractivity contribution < 1.29 is 0 Å². The van der Waals surface area contributed by atoms with Gasteiger partial charge in [-0.3, -0.25) is 0 Å². The fourth-order valence-electron chi connectivity index (χ4n) is 5.40. The van der Waals surface area contributed by atoms with Gasteiger partial charge in [-0.25, -0.2) is 0 Å². The molecule has 0 nitrogen and oxygen atoms in total. The van der Waals surface area contributed by atoms with Crippen LogP contribution in [0.4, 0.5) is 0 Å². The Hall–Kier alpha value is -3.90. The zero-order valence-corrected chi connectivity index (χ0v) is 26.4. The maximum absolute atomic E-state index is 2.29. The van der Waals surface area contributed by atoms with E-state index in [0.717, 1.165) is 0 Å². The Kier molecular flexibility index (Phi) is 13.1. The molecule has 0 radical (unpaired) electrons. The molecule has 0 heterocycles. The fraction of sp³-hybridized carbons (Fsp3) is 0.250. The van der Waals surface area contributed by atoms with Gasteiger partial charge in [0.05, 0.1) is 0 Å². The molecule has 0 bridgehead atoms. The standard InChI is InChI=1S/C32H24.4C2H6/c1-21-25-17-9-10-18-26(25)22(2)30-29(21)31(23-13-5-3-6-14-23)27-19-11-12-20-28(27)32(30)24-15-7-4-8-16-24;4*1-2/h3-20H,1-2H3;4*1-2H3. The average molecular weight is 529 g/mol. The molecule has 0 unspecified atom stereocenters. The van der Waals surface area contributed by atoms with E-state index in [2.05, 4.69) is 123 Å². The van der Waals surface area contributed by atoms with Crippen molar-refractivity contribution in [2.24, 2.45) is 0 Å². The zero-order valence-electron chi connectivity index (χ0n) is 26.4. The van der Waals surface area contributed by atoms with E-state index in [9.17, 15) is 0 Å². The fourth-order valence-corrected chi connectivity index (χ4v) is 5.40. The summed E-state index contributed by atoms with van der Waals surface area (Å²) in [6.07, 6.45) is 0. The van der Waals surface area contributed by atoms with Crippen LogP contribution < -0.4 is 0 Å². The van der Waals surface area contributed by atoms with Crippen molar-refractivity contribution in [3.63, 3.8) is 0 Å². The van der Waals surface area contributed by atoms with Crippen LogP contribution in [0.3, 0.4) is 0 Å². The molecule has 0 saturated carbocycles. The zero-order chi connectivity index (χ0) is 29.7. The summed E-state index contributed by atoms with van der Waals surface area (Å²) in [5.74, 6) is 0. The molecular formula is C40H48. The van der Waals surface area contributed by atoms with Crippen LogP contribution in [0.25, 0.3) is 54.6 Å². The third-order valence-electron chi connectivity index (χ3n) is 6.83. The molecule has 6 aromatic rings. The number of hydrogen-bond donors (Lipinski definition) is 0. The Morgan fingerprint density at radius 2 is 0.550 bits per heavy atom. The summed E-state index contributed by atoms with van der Waals surface area (Å²) in [4.78, 5) is 0. The van der Waals surface area contributed by atoms with Crippen molar-refractivity contribution in [2.75, 3.05) is 0 Å². The van der Waals surface area contributed by atoms with Crippen molar-refractivity contribution >= 4 is 32.3 Å². The Bertz CT molecular complexity index is 1480. The van der Waals surface area contributed by atoms with E-state index < -0.39 is 0 Å². The number of hydrogen-bond acceptors (Lipinski definition) is 0. The molecule has 0 saturated heterocycles. The minimum atomic E-state index is 1.27. The van der Waals surface area contributed by atoms with Crippen LogP contribution >= 0.6 is 0 Å². The molecular weight excluding hydrogens is 480 g/mol. The van der Waals surface area contributed by atoms with Crippen LogP contribution in [0.1, 0.15) is 66.5 Å². The van der Waals surface area contributed by atoms with Crippen LogP contribution in [0.15, 0.2) is 109 Å². The van der Waals surface area contributed by atoms with E-state index in [1.165, 1.54) is 65.7 Å². The van der Waals surface area contributed by atoms with E-state index in [4.69, 9.17) is 0 Å². The molecule has 0 heteroatoms. The monoisotopic (exact) mass is 528 g/mol. The predicted molar refractivity (Wildman–Crippen MR) is 185 cm³/mol. The lowest BCUT2D eigenvalue weighted by molar-refractivity contribution is 1.50. The highest BCUT2D eigenvalue weighted by molar-refractivity contribution is 6.26. The second-order valence-electron chi connectivity index (χ2n) is 8.57. The number of rotatable bonds is 2. The van der Waals surface area contributed by atoms with Crippen molar-refractivity contribution in [3.05, 3.63) is 120 Å². The van der Waals surface area contributed by atoms with Gasteiger partial charge in [-0.15, -0.1) is 0 Å². The molecule has 0 aromatic heterocycles.